The van der Waals surface area contributed by atoms with E-state index in [4.69, 9.17) is 9.47 Å². The number of halogens is 2. The van der Waals surface area contributed by atoms with Gasteiger partial charge in [0.1, 0.15) is 17.4 Å². The Labute approximate surface area is 190 Å². The molecule has 1 N–H and O–H groups in total. The van der Waals surface area contributed by atoms with Crippen LogP contribution in [0.15, 0.2) is 12.1 Å². The summed E-state index contributed by atoms with van der Waals surface area (Å²) >= 11 is 0. The predicted octanol–water partition coefficient (Wildman–Crippen LogP) is 2.70. The zero-order chi connectivity index (χ0) is 24.3. The van der Waals surface area contributed by atoms with Crippen LogP contribution in [0.2, 0.25) is 0 Å². The fourth-order valence-corrected chi connectivity index (χ4v) is 3.56. The van der Waals surface area contributed by atoms with Gasteiger partial charge in [0.2, 0.25) is 0 Å². The number of benzene rings is 1. The van der Waals surface area contributed by atoms with E-state index in [1.165, 1.54) is 16.9 Å². The van der Waals surface area contributed by atoms with E-state index in [-0.39, 0.29) is 50.6 Å². The zero-order valence-electron chi connectivity index (χ0n) is 19.0. The molecule has 0 bridgehead atoms. The number of nitrogens with zero attached hydrogens (tertiary/aromatic N) is 3. The Bertz CT molecular complexity index is 892. The van der Waals surface area contributed by atoms with Crippen molar-refractivity contribution in [3.63, 3.8) is 0 Å². The van der Waals surface area contributed by atoms with Crippen molar-refractivity contribution in [3.8, 4) is 0 Å². The summed E-state index contributed by atoms with van der Waals surface area (Å²) in [6, 6.07) is 2.13. The van der Waals surface area contributed by atoms with Gasteiger partial charge in [0.25, 0.3) is 0 Å². The largest absolute Gasteiger partial charge is 0.453 e. The molecule has 0 aromatic heterocycles. The molecular formula is C21H28F2N4O6. The molecule has 1 aromatic carbocycles. The number of amides is 3. The molecule has 182 valence electrons. The number of methoxy groups -OCH3 is 1. The number of hydrogen-bond donors (Lipinski definition) is 1. The standard InChI is InChI=1S/C21H28F2N4O6/c1-21(2,3)33-19(29)26-7-5-25(6-8-26)17-15(22)9-13(10-16(17)23)27-12-14(32-20(27)30)11-24-18(28)31-4/h9-10,14H,5-8,11-12H2,1-4H3,(H,24,28)/t14-/m0/s1. The Morgan fingerprint density at radius 1 is 1.15 bits per heavy atom. The summed E-state index contributed by atoms with van der Waals surface area (Å²) in [6.45, 7) is 6.25. The highest BCUT2D eigenvalue weighted by Crippen LogP contribution is 2.31. The fourth-order valence-electron chi connectivity index (χ4n) is 3.56. The lowest BCUT2D eigenvalue weighted by Gasteiger charge is -2.37. The predicted molar refractivity (Wildman–Crippen MR) is 114 cm³/mol. The van der Waals surface area contributed by atoms with Crippen LogP contribution in [0.1, 0.15) is 20.8 Å². The lowest BCUT2D eigenvalue weighted by atomic mass is 10.2. The first kappa shape index (κ1) is 24.3. The number of hydrogen-bond acceptors (Lipinski definition) is 7. The molecule has 2 aliphatic rings. The van der Waals surface area contributed by atoms with Gasteiger partial charge in [0.05, 0.1) is 25.9 Å². The van der Waals surface area contributed by atoms with Crippen molar-refractivity contribution < 1.29 is 37.4 Å². The van der Waals surface area contributed by atoms with Crippen molar-refractivity contribution in [1.82, 2.24) is 10.2 Å². The molecule has 3 rings (SSSR count). The minimum Gasteiger partial charge on any atom is -0.453 e. The molecule has 0 radical (unpaired) electrons. The van der Waals surface area contributed by atoms with Crippen LogP contribution in [0.4, 0.5) is 34.5 Å². The summed E-state index contributed by atoms with van der Waals surface area (Å²) in [4.78, 5) is 39.6. The van der Waals surface area contributed by atoms with E-state index in [0.29, 0.717) is 0 Å². The maximum atomic E-state index is 14.9. The summed E-state index contributed by atoms with van der Waals surface area (Å²) in [7, 11) is 1.20. The number of rotatable bonds is 4. The van der Waals surface area contributed by atoms with Gasteiger partial charge >= 0.3 is 18.3 Å². The molecule has 0 unspecified atom stereocenters. The van der Waals surface area contributed by atoms with Gasteiger partial charge in [-0.05, 0) is 20.8 Å². The van der Waals surface area contributed by atoms with Crippen LogP contribution in [-0.4, -0.2) is 81.3 Å². The fraction of sp³-hybridized carbons (Fsp3) is 0.571. The van der Waals surface area contributed by atoms with Gasteiger partial charge in [-0.3, -0.25) is 4.90 Å². The lowest BCUT2D eigenvalue weighted by Crippen LogP contribution is -2.50. The van der Waals surface area contributed by atoms with Crippen molar-refractivity contribution >= 4 is 29.7 Å². The minimum absolute atomic E-state index is 0.000112. The van der Waals surface area contributed by atoms with E-state index in [1.807, 2.05) is 0 Å². The van der Waals surface area contributed by atoms with Gasteiger partial charge in [-0.2, -0.15) is 0 Å². The second kappa shape index (κ2) is 9.67. The second-order valence-corrected chi connectivity index (χ2v) is 8.70. The van der Waals surface area contributed by atoms with E-state index in [1.54, 1.807) is 20.8 Å². The second-order valence-electron chi connectivity index (χ2n) is 8.70. The highest BCUT2D eigenvalue weighted by atomic mass is 19.1. The van der Waals surface area contributed by atoms with Crippen LogP contribution in [-0.2, 0) is 14.2 Å². The first-order chi connectivity index (χ1) is 15.5. The molecular weight excluding hydrogens is 442 g/mol. The van der Waals surface area contributed by atoms with Crippen LogP contribution in [0.3, 0.4) is 0 Å². The van der Waals surface area contributed by atoms with Crippen molar-refractivity contribution in [2.75, 3.05) is 56.2 Å². The van der Waals surface area contributed by atoms with Gasteiger partial charge < -0.3 is 29.3 Å². The Morgan fingerprint density at radius 3 is 2.30 bits per heavy atom. The third-order valence-corrected chi connectivity index (χ3v) is 5.09. The Kier molecular flexibility index (Phi) is 7.13. The average Bonchev–Trinajstić information content (AvgIpc) is 3.11. The van der Waals surface area contributed by atoms with Crippen molar-refractivity contribution in [3.05, 3.63) is 23.8 Å². The number of cyclic esters (lactones) is 1. The third kappa shape index (κ3) is 5.93. The average molecular weight is 470 g/mol. The van der Waals surface area contributed by atoms with Crippen molar-refractivity contribution in [2.45, 2.75) is 32.5 Å². The molecule has 1 aromatic rings. The number of anilines is 2. The van der Waals surface area contributed by atoms with Gasteiger partial charge in [-0.15, -0.1) is 0 Å². The summed E-state index contributed by atoms with van der Waals surface area (Å²) in [6.07, 6.45) is -2.62. The molecule has 2 saturated heterocycles. The van der Waals surface area contributed by atoms with Crippen molar-refractivity contribution in [1.29, 1.82) is 0 Å². The molecule has 10 nitrogen and oxygen atoms in total. The molecule has 3 amide bonds. The third-order valence-electron chi connectivity index (χ3n) is 5.09. The summed E-state index contributed by atoms with van der Waals surface area (Å²) < 4.78 is 44.7. The normalized spacial score (nSPS) is 18.8. The van der Waals surface area contributed by atoms with Gasteiger partial charge in [-0.1, -0.05) is 0 Å². The van der Waals surface area contributed by atoms with E-state index in [2.05, 4.69) is 10.1 Å². The van der Waals surface area contributed by atoms with Crippen LogP contribution >= 0.6 is 0 Å². The molecule has 2 heterocycles. The Hall–Kier alpha value is -3.31. The summed E-state index contributed by atoms with van der Waals surface area (Å²) in [5.74, 6) is -1.67. The van der Waals surface area contributed by atoms with Crippen LogP contribution in [0.5, 0.6) is 0 Å². The summed E-state index contributed by atoms with van der Waals surface area (Å²) in [5.41, 5.74) is -0.848. The number of nitrogens with one attached hydrogen (secondary N) is 1. The highest BCUT2D eigenvalue weighted by molar-refractivity contribution is 5.90. The van der Waals surface area contributed by atoms with Gasteiger partial charge in [0, 0.05) is 38.3 Å². The maximum Gasteiger partial charge on any atom is 0.414 e. The molecule has 2 aliphatic heterocycles. The number of piperazine rings is 1. The number of carbonyl (C=O) groups excluding carboxylic acids is 3. The Balaban J connectivity index is 1.65. The van der Waals surface area contributed by atoms with Crippen molar-refractivity contribution in [2.24, 2.45) is 0 Å². The van der Waals surface area contributed by atoms with E-state index in [0.717, 1.165) is 17.0 Å². The zero-order valence-corrected chi connectivity index (χ0v) is 19.0. The molecule has 33 heavy (non-hydrogen) atoms. The highest BCUT2D eigenvalue weighted by Gasteiger charge is 2.34. The first-order valence-electron chi connectivity index (χ1n) is 10.5. The number of ether oxygens (including phenoxy) is 3. The van der Waals surface area contributed by atoms with E-state index >= 15 is 0 Å². The van der Waals surface area contributed by atoms with E-state index in [9.17, 15) is 23.2 Å². The number of alkyl carbamates (subject to hydrolysis) is 1. The number of carbonyl (C=O) groups is 3. The topological polar surface area (TPSA) is 101 Å². The first-order valence-corrected chi connectivity index (χ1v) is 10.5. The minimum atomic E-state index is -0.834. The van der Waals surface area contributed by atoms with Gasteiger partial charge in [0.15, 0.2) is 11.6 Å². The molecule has 0 aliphatic carbocycles. The molecule has 2 fully saturated rings. The van der Waals surface area contributed by atoms with Crippen LogP contribution in [0, 0.1) is 11.6 Å². The van der Waals surface area contributed by atoms with E-state index < -0.39 is 41.6 Å². The van der Waals surface area contributed by atoms with Gasteiger partial charge in [-0.25, -0.2) is 23.2 Å². The quantitative estimate of drug-likeness (QED) is 0.676. The monoisotopic (exact) mass is 470 g/mol. The lowest BCUT2D eigenvalue weighted by molar-refractivity contribution is 0.0240. The molecule has 0 saturated carbocycles. The smallest absolute Gasteiger partial charge is 0.414 e. The summed E-state index contributed by atoms with van der Waals surface area (Å²) in [5, 5.41) is 2.41. The molecule has 1 atom stereocenters. The van der Waals surface area contributed by atoms with Crippen LogP contribution in [0.25, 0.3) is 0 Å². The SMILES string of the molecule is COC(=O)NC[C@H]1CN(c2cc(F)c(N3CCN(C(=O)OC(C)(C)C)CC3)c(F)c2)C(=O)O1. The Morgan fingerprint density at radius 2 is 1.76 bits per heavy atom. The maximum absolute atomic E-state index is 14.9. The molecule has 12 heteroatoms. The molecule has 0 spiro atoms. The van der Waals surface area contributed by atoms with Crippen LogP contribution < -0.4 is 15.1 Å².